The minimum atomic E-state index is -0.519. The Morgan fingerprint density at radius 3 is 2.70 bits per heavy atom. The van der Waals surface area contributed by atoms with Crippen molar-refractivity contribution in [2.45, 2.75) is 6.54 Å². The smallest absolute Gasteiger partial charge is 0.141 e. The van der Waals surface area contributed by atoms with E-state index >= 15 is 0 Å². The molecular weight excluding hydrogens is 426 g/mol. The molecule has 0 aliphatic heterocycles. The molecular formula is C21H15Cl2FN6. The van der Waals surface area contributed by atoms with Gasteiger partial charge in [0.1, 0.15) is 11.9 Å². The zero-order valence-corrected chi connectivity index (χ0v) is 17.0. The average molecular weight is 441 g/mol. The molecule has 0 aliphatic rings. The maximum Gasteiger partial charge on any atom is 0.141 e. The highest BCUT2D eigenvalue weighted by molar-refractivity contribution is 6.36. The zero-order valence-electron chi connectivity index (χ0n) is 15.5. The van der Waals surface area contributed by atoms with Crippen molar-refractivity contribution in [1.82, 2.24) is 14.5 Å². The number of pyridine rings is 1. The number of hydrogen-bond donors (Lipinski definition) is 2. The number of benzene rings is 2. The molecule has 0 aliphatic carbocycles. The highest BCUT2D eigenvalue weighted by Crippen LogP contribution is 2.35. The molecule has 0 saturated carbocycles. The molecule has 0 atom stereocenters. The lowest BCUT2D eigenvalue weighted by Gasteiger charge is -2.15. The number of anilines is 3. The molecule has 30 heavy (non-hydrogen) atoms. The van der Waals surface area contributed by atoms with Gasteiger partial charge in [0.15, 0.2) is 0 Å². The van der Waals surface area contributed by atoms with Crippen LogP contribution in [0.5, 0.6) is 0 Å². The highest BCUT2D eigenvalue weighted by atomic mass is 35.5. The molecule has 2 aromatic carbocycles. The van der Waals surface area contributed by atoms with Crippen molar-refractivity contribution in [3.8, 4) is 6.07 Å². The van der Waals surface area contributed by atoms with Crippen LogP contribution in [-0.2, 0) is 6.54 Å². The number of imidazole rings is 1. The molecule has 150 valence electrons. The Labute approximate surface area is 181 Å². The fourth-order valence-corrected chi connectivity index (χ4v) is 3.50. The summed E-state index contributed by atoms with van der Waals surface area (Å²) in [4.78, 5) is 8.35. The molecule has 0 radical (unpaired) electrons. The summed E-state index contributed by atoms with van der Waals surface area (Å²) < 4.78 is 15.5. The average Bonchev–Trinajstić information content (AvgIpc) is 3.25. The largest absolute Gasteiger partial charge is 0.383 e. The standard InChI is InChI=1S/C21H15Cl2FN6/c22-17-8-14(1-2-19(17)24)29-20-13(10-25)11-28-21-16(20)7-15(9-18(21)23)27-4-6-30-5-3-26-12-30/h1-3,5,7-9,11-12,27H,4,6H2,(H,28,29). The minimum absolute atomic E-state index is 0.0169. The van der Waals surface area contributed by atoms with Crippen LogP contribution in [0, 0.1) is 17.1 Å². The van der Waals surface area contributed by atoms with E-state index < -0.39 is 5.82 Å². The van der Waals surface area contributed by atoms with E-state index in [9.17, 15) is 9.65 Å². The summed E-state index contributed by atoms with van der Waals surface area (Å²) in [7, 11) is 0. The van der Waals surface area contributed by atoms with Crippen molar-refractivity contribution in [3.63, 3.8) is 0 Å². The molecule has 0 saturated heterocycles. The maximum atomic E-state index is 13.5. The third-order valence-electron chi connectivity index (χ3n) is 4.49. The number of halogens is 3. The Hall–Kier alpha value is -3.34. The maximum absolute atomic E-state index is 13.5. The first-order valence-corrected chi connectivity index (χ1v) is 9.75. The van der Waals surface area contributed by atoms with E-state index in [4.69, 9.17) is 23.2 Å². The molecule has 6 nitrogen and oxygen atoms in total. The summed E-state index contributed by atoms with van der Waals surface area (Å²) in [6.07, 6.45) is 6.80. The Bertz CT molecular complexity index is 1250. The molecule has 0 fully saturated rings. The molecule has 0 bridgehead atoms. The normalized spacial score (nSPS) is 10.7. The van der Waals surface area contributed by atoms with Crippen LogP contribution in [0.1, 0.15) is 5.56 Å². The highest BCUT2D eigenvalue weighted by Gasteiger charge is 2.14. The van der Waals surface area contributed by atoms with Crippen molar-refractivity contribution in [2.24, 2.45) is 0 Å². The van der Waals surface area contributed by atoms with Gasteiger partial charge in [0, 0.05) is 48.4 Å². The number of nitriles is 1. The molecule has 2 heterocycles. The molecule has 0 unspecified atom stereocenters. The van der Waals surface area contributed by atoms with Crippen LogP contribution in [0.4, 0.5) is 21.5 Å². The van der Waals surface area contributed by atoms with E-state index in [0.717, 1.165) is 12.2 Å². The van der Waals surface area contributed by atoms with Crippen molar-refractivity contribution in [1.29, 1.82) is 5.26 Å². The molecule has 2 aromatic heterocycles. The monoisotopic (exact) mass is 440 g/mol. The predicted molar refractivity (Wildman–Crippen MR) is 117 cm³/mol. The van der Waals surface area contributed by atoms with Crippen molar-refractivity contribution < 1.29 is 4.39 Å². The molecule has 2 N–H and O–H groups in total. The van der Waals surface area contributed by atoms with Gasteiger partial charge in [-0.2, -0.15) is 5.26 Å². The summed E-state index contributed by atoms with van der Waals surface area (Å²) >= 11 is 12.4. The van der Waals surface area contributed by atoms with E-state index in [-0.39, 0.29) is 5.02 Å². The molecule has 0 spiro atoms. The molecule has 0 amide bonds. The Balaban J connectivity index is 1.70. The lowest BCUT2D eigenvalue weighted by atomic mass is 10.1. The first-order valence-electron chi connectivity index (χ1n) is 8.99. The van der Waals surface area contributed by atoms with Crippen LogP contribution >= 0.6 is 23.2 Å². The number of nitrogens with one attached hydrogen (secondary N) is 2. The first-order chi connectivity index (χ1) is 14.5. The summed E-state index contributed by atoms with van der Waals surface area (Å²) in [5, 5.41) is 17.1. The van der Waals surface area contributed by atoms with Crippen LogP contribution in [-0.4, -0.2) is 21.1 Å². The quantitative estimate of drug-likeness (QED) is 0.407. The third kappa shape index (κ3) is 4.15. The molecule has 4 aromatic rings. The zero-order chi connectivity index (χ0) is 21.1. The van der Waals surface area contributed by atoms with E-state index in [1.54, 1.807) is 24.7 Å². The molecule has 9 heteroatoms. The van der Waals surface area contributed by atoms with Crippen LogP contribution in [0.3, 0.4) is 0 Å². The summed E-state index contributed by atoms with van der Waals surface area (Å²) in [6.45, 7) is 1.38. The van der Waals surface area contributed by atoms with Gasteiger partial charge < -0.3 is 15.2 Å². The number of aromatic nitrogens is 3. The van der Waals surface area contributed by atoms with Crippen LogP contribution in [0.15, 0.2) is 55.2 Å². The number of hydrogen-bond acceptors (Lipinski definition) is 5. The lowest BCUT2D eigenvalue weighted by molar-refractivity contribution is 0.628. The molecule has 4 rings (SSSR count). The first kappa shape index (κ1) is 20.0. The fourth-order valence-electron chi connectivity index (χ4n) is 3.05. The SMILES string of the molecule is N#Cc1cnc2c(Cl)cc(NCCn3ccnc3)cc2c1Nc1ccc(F)c(Cl)c1. The van der Waals surface area contributed by atoms with Gasteiger partial charge in [0.05, 0.1) is 33.1 Å². The predicted octanol–water partition coefficient (Wildman–Crippen LogP) is 5.60. The van der Waals surface area contributed by atoms with Gasteiger partial charge in [0.25, 0.3) is 0 Å². The van der Waals surface area contributed by atoms with E-state index in [0.29, 0.717) is 39.4 Å². The van der Waals surface area contributed by atoms with Gasteiger partial charge in [0.2, 0.25) is 0 Å². The second kappa shape index (κ2) is 8.57. The van der Waals surface area contributed by atoms with Crippen LogP contribution in [0.25, 0.3) is 10.9 Å². The van der Waals surface area contributed by atoms with Gasteiger partial charge in [-0.1, -0.05) is 23.2 Å². The van der Waals surface area contributed by atoms with Crippen molar-refractivity contribution >= 4 is 51.2 Å². The second-order valence-corrected chi connectivity index (χ2v) is 7.31. The summed E-state index contributed by atoms with van der Waals surface area (Å²) in [5.41, 5.74) is 2.72. The second-order valence-electron chi connectivity index (χ2n) is 6.49. The summed E-state index contributed by atoms with van der Waals surface area (Å²) in [6, 6.07) is 10.0. The number of nitrogens with zero attached hydrogens (tertiary/aromatic N) is 4. The van der Waals surface area contributed by atoms with Gasteiger partial charge in [-0.05, 0) is 30.3 Å². The lowest BCUT2D eigenvalue weighted by Crippen LogP contribution is -2.09. The number of rotatable bonds is 6. The van der Waals surface area contributed by atoms with E-state index in [1.807, 2.05) is 16.8 Å². The van der Waals surface area contributed by atoms with Gasteiger partial charge in [-0.15, -0.1) is 0 Å². The Kier molecular flexibility index (Phi) is 5.70. The van der Waals surface area contributed by atoms with E-state index in [1.165, 1.54) is 18.3 Å². The van der Waals surface area contributed by atoms with Gasteiger partial charge in [-0.25, -0.2) is 9.37 Å². The Morgan fingerprint density at radius 2 is 1.97 bits per heavy atom. The van der Waals surface area contributed by atoms with Crippen molar-refractivity contribution in [2.75, 3.05) is 17.2 Å². The van der Waals surface area contributed by atoms with Crippen LogP contribution < -0.4 is 10.6 Å². The third-order valence-corrected chi connectivity index (χ3v) is 5.07. The van der Waals surface area contributed by atoms with Crippen molar-refractivity contribution in [3.05, 3.63) is 76.7 Å². The topological polar surface area (TPSA) is 78.6 Å². The van der Waals surface area contributed by atoms with Gasteiger partial charge in [-0.3, -0.25) is 4.98 Å². The van der Waals surface area contributed by atoms with Gasteiger partial charge >= 0.3 is 0 Å². The fraction of sp³-hybridized carbons (Fsp3) is 0.0952. The van der Waals surface area contributed by atoms with Crippen LogP contribution in [0.2, 0.25) is 10.0 Å². The number of fused-ring (bicyclic) bond motifs is 1. The Morgan fingerprint density at radius 1 is 1.13 bits per heavy atom. The minimum Gasteiger partial charge on any atom is -0.383 e. The van der Waals surface area contributed by atoms with E-state index in [2.05, 4.69) is 26.7 Å². The summed E-state index contributed by atoms with van der Waals surface area (Å²) in [5.74, 6) is -0.519.